The SMILES string of the molecule is CSCCC(NC(C)=O)C(=O)N1CCC(Oc2ccncc2Cl)CC1. The molecule has 1 fully saturated rings. The molecule has 2 rings (SSSR count). The van der Waals surface area contributed by atoms with Crippen molar-refractivity contribution >= 4 is 35.2 Å². The second kappa shape index (κ2) is 9.87. The van der Waals surface area contributed by atoms with Crippen LogP contribution in [0.15, 0.2) is 18.5 Å². The van der Waals surface area contributed by atoms with Gasteiger partial charge in [0.1, 0.15) is 22.9 Å². The highest BCUT2D eigenvalue weighted by atomic mass is 35.5. The molecule has 1 aliphatic rings. The molecule has 1 N–H and O–H groups in total. The van der Waals surface area contributed by atoms with Gasteiger partial charge in [0, 0.05) is 51.3 Å². The van der Waals surface area contributed by atoms with Crippen LogP contribution in [-0.2, 0) is 9.59 Å². The molecular formula is C17H24ClN3O3S. The van der Waals surface area contributed by atoms with Crippen molar-refractivity contribution in [1.29, 1.82) is 0 Å². The van der Waals surface area contributed by atoms with Crippen molar-refractivity contribution in [2.75, 3.05) is 25.1 Å². The Hall–Kier alpha value is -1.47. The van der Waals surface area contributed by atoms with Crippen molar-refractivity contribution < 1.29 is 14.3 Å². The van der Waals surface area contributed by atoms with Gasteiger partial charge < -0.3 is 15.0 Å². The molecule has 1 saturated heterocycles. The lowest BCUT2D eigenvalue weighted by Gasteiger charge is -2.34. The van der Waals surface area contributed by atoms with Gasteiger partial charge in [-0.05, 0) is 18.4 Å². The molecule has 0 aliphatic carbocycles. The fourth-order valence-electron chi connectivity index (χ4n) is 2.79. The van der Waals surface area contributed by atoms with Crippen LogP contribution in [0.4, 0.5) is 0 Å². The van der Waals surface area contributed by atoms with Gasteiger partial charge >= 0.3 is 0 Å². The fourth-order valence-corrected chi connectivity index (χ4v) is 3.43. The van der Waals surface area contributed by atoms with Crippen LogP contribution in [0.3, 0.4) is 0 Å². The van der Waals surface area contributed by atoms with E-state index < -0.39 is 6.04 Å². The van der Waals surface area contributed by atoms with Gasteiger partial charge in [-0.1, -0.05) is 11.6 Å². The van der Waals surface area contributed by atoms with Gasteiger partial charge in [0.15, 0.2) is 0 Å². The lowest BCUT2D eigenvalue weighted by Crippen LogP contribution is -2.51. The van der Waals surface area contributed by atoms with Gasteiger partial charge in [-0.2, -0.15) is 11.8 Å². The number of hydrogen-bond donors (Lipinski definition) is 1. The minimum atomic E-state index is -0.447. The lowest BCUT2D eigenvalue weighted by molar-refractivity contribution is -0.137. The minimum absolute atomic E-state index is 0.00959. The molecule has 0 aromatic carbocycles. The first kappa shape index (κ1) is 19.8. The number of nitrogens with one attached hydrogen (secondary N) is 1. The molecule has 6 nitrogen and oxygen atoms in total. The first-order chi connectivity index (χ1) is 12.0. The van der Waals surface area contributed by atoms with Crippen LogP contribution in [0, 0.1) is 0 Å². The largest absolute Gasteiger partial charge is 0.489 e. The molecule has 25 heavy (non-hydrogen) atoms. The third kappa shape index (κ3) is 6.08. The summed E-state index contributed by atoms with van der Waals surface area (Å²) in [6, 6.07) is 1.30. The van der Waals surface area contributed by atoms with Crippen LogP contribution < -0.4 is 10.1 Å². The van der Waals surface area contributed by atoms with Crippen molar-refractivity contribution in [3.05, 3.63) is 23.5 Å². The molecule has 1 atom stereocenters. The minimum Gasteiger partial charge on any atom is -0.489 e. The van der Waals surface area contributed by atoms with E-state index in [1.807, 2.05) is 11.2 Å². The van der Waals surface area contributed by atoms with E-state index in [2.05, 4.69) is 10.3 Å². The van der Waals surface area contributed by atoms with Gasteiger partial charge in [0.2, 0.25) is 11.8 Å². The van der Waals surface area contributed by atoms with Crippen LogP contribution in [0.25, 0.3) is 0 Å². The number of likely N-dealkylation sites (tertiary alicyclic amines) is 1. The van der Waals surface area contributed by atoms with Crippen molar-refractivity contribution in [3.63, 3.8) is 0 Å². The quantitative estimate of drug-likeness (QED) is 0.780. The number of piperidine rings is 1. The molecule has 0 spiro atoms. The Labute approximate surface area is 157 Å². The first-order valence-corrected chi connectivity index (χ1v) is 10.1. The number of carbonyl (C=O) groups is 2. The van der Waals surface area contributed by atoms with E-state index in [1.54, 1.807) is 30.2 Å². The number of carbonyl (C=O) groups excluding carboxylic acids is 2. The van der Waals surface area contributed by atoms with Gasteiger partial charge in [-0.25, -0.2) is 0 Å². The van der Waals surface area contributed by atoms with Gasteiger partial charge in [0.25, 0.3) is 0 Å². The van der Waals surface area contributed by atoms with E-state index >= 15 is 0 Å². The maximum atomic E-state index is 12.7. The number of thioether (sulfide) groups is 1. The van der Waals surface area contributed by atoms with Crippen LogP contribution in [0.5, 0.6) is 5.75 Å². The Morgan fingerprint density at radius 3 is 2.80 bits per heavy atom. The molecule has 0 saturated carbocycles. The van der Waals surface area contributed by atoms with E-state index in [-0.39, 0.29) is 17.9 Å². The first-order valence-electron chi connectivity index (χ1n) is 8.32. The summed E-state index contributed by atoms with van der Waals surface area (Å²) >= 11 is 7.73. The van der Waals surface area contributed by atoms with Gasteiger partial charge in [-0.3, -0.25) is 14.6 Å². The Kier molecular flexibility index (Phi) is 7.84. The number of aromatic nitrogens is 1. The van der Waals surface area contributed by atoms with Crippen molar-refractivity contribution in [1.82, 2.24) is 15.2 Å². The predicted molar refractivity (Wildman–Crippen MR) is 100 cm³/mol. The number of ether oxygens (including phenoxy) is 1. The molecule has 8 heteroatoms. The molecule has 1 aromatic heterocycles. The van der Waals surface area contributed by atoms with Crippen molar-refractivity contribution in [2.24, 2.45) is 0 Å². The summed E-state index contributed by atoms with van der Waals surface area (Å²) in [4.78, 5) is 29.8. The van der Waals surface area contributed by atoms with Crippen LogP contribution >= 0.6 is 23.4 Å². The zero-order chi connectivity index (χ0) is 18.2. The molecule has 0 bridgehead atoms. The second-order valence-corrected chi connectivity index (χ2v) is 7.38. The Balaban J connectivity index is 1.88. The summed E-state index contributed by atoms with van der Waals surface area (Å²) in [5.41, 5.74) is 0. The van der Waals surface area contributed by atoms with Crippen LogP contribution in [0.1, 0.15) is 26.2 Å². The average molecular weight is 386 g/mol. The third-order valence-corrected chi connectivity index (χ3v) is 5.00. The number of nitrogens with zero attached hydrogens (tertiary/aromatic N) is 2. The zero-order valence-electron chi connectivity index (χ0n) is 14.5. The van der Waals surface area contributed by atoms with Gasteiger partial charge in [0.05, 0.1) is 0 Å². The highest BCUT2D eigenvalue weighted by Gasteiger charge is 2.29. The summed E-state index contributed by atoms with van der Waals surface area (Å²) in [7, 11) is 0. The molecular weight excluding hydrogens is 362 g/mol. The third-order valence-electron chi connectivity index (χ3n) is 4.07. The Bertz CT molecular complexity index is 594. The molecule has 138 valence electrons. The summed E-state index contributed by atoms with van der Waals surface area (Å²) in [6.07, 6.45) is 7.32. The molecule has 2 heterocycles. The predicted octanol–water partition coefficient (Wildman–Crippen LogP) is 2.36. The summed E-state index contributed by atoms with van der Waals surface area (Å²) in [6.45, 7) is 2.67. The molecule has 1 unspecified atom stereocenters. The molecule has 2 amide bonds. The Morgan fingerprint density at radius 2 is 2.20 bits per heavy atom. The highest BCUT2D eigenvalue weighted by Crippen LogP contribution is 2.26. The van der Waals surface area contributed by atoms with E-state index in [4.69, 9.17) is 16.3 Å². The standard InChI is InChI=1S/C17H24ClN3O3S/c1-12(22)20-15(6-10-25-2)17(23)21-8-4-13(5-9-21)24-16-3-7-19-11-14(16)18/h3,7,11,13,15H,4-6,8-10H2,1-2H3,(H,20,22). The van der Waals surface area contributed by atoms with E-state index in [0.717, 1.165) is 18.6 Å². The zero-order valence-corrected chi connectivity index (χ0v) is 16.1. The fraction of sp³-hybridized carbons (Fsp3) is 0.588. The van der Waals surface area contributed by atoms with E-state index in [1.165, 1.54) is 6.92 Å². The monoisotopic (exact) mass is 385 g/mol. The highest BCUT2D eigenvalue weighted by molar-refractivity contribution is 7.98. The number of rotatable bonds is 7. The Morgan fingerprint density at radius 1 is 1.48 bits per heavy atom. The normalized spacial score (nSPS) is 16.4. The maximum absolute atomic E-state index is 12.7. The summed E-state index contributed by atoms with van der Waals surface area (Å²) in [5.74, 6) is 1.27. The van der Waals surface area contributed by atoms with E-state index in [9.17, 15) is 9.59 Å². The summed E-state index contributed by atoms with van der Waals surface area (Å²) in [5, 5.41) is 3.26. The number of halogens is 1. The second-order valence-electron chi connectivity index (χ2n) is 5.98. The number of hydrogen-bond acceptors (Lipinski definition) is 5. The molecule has 0 radical (unpaired) electrons. The van der Waals surface area contributed by atoms with Crippen molar-refractivity contribution in [3.8, 4) is 5.75 Å². The maximum Gasteiger partial charge on any atom is 0.245 e. The summed E-state index contributed by atoms with van der Waals surface area (Å²) < 4.78 is 5.92. The lowest BCUT2D eigenvalue weighted by atomic mass is 10.1. The number of amides is 2. The number of pyridine rings is 1. The molecule has 1 aliphatic heterocycles. The van der Waals surface area contributed by atoms with Crippen LogP contribution in [-0.4, -0.2) is 58.9 Å². The average Bonchev–Trinajstić information content (AvgIpc) is 2.60. The van der Waals surface area contributed by atoms with Crippen molar-refractivity contribution in [2.45, 2.75) is 38.3 Å². The van der Waals surface area contributed by atoms with Gasteiger partial charge in [-0.15, -0.1) is 0 Å². The topological polar surface area (TPSA) is 71.5 Å². The van der Waals surface area contributed by atoms with E-state index in [0.29, 0.717) is 30.3 Å². The van der Waals surface area contributed by atoms with Crippen LogP contribution in [0.2, 0.25) is 5.02 Å². The smallest absolute Gasteiger partial charge is 0.245 e. The molecule has 1 aromatic rings.